The van der Waals surface area contributed by atoms with Crippen LogP contribution in [0.5, 0.6) is 34.5 Å². The lowest BCUT2D eigenvalue weighted by Crippen LogP contribution is -2.43. The summed E-state index contributed by atoms with van der Waals surface area (Å²) < 4.78 is 174. The number of hydrogen-bond donors (Lipinski definition) is 4. The van der Waals surface area contributed by atoms with E-state index >= 15 is 16.8 Å². The molecule has 12 rings (SSSR count). The minimum atomic E-state index is -4.82. The number of aromatic nitrogens is 8. The summed E-state index contributed by atoms with van der Waals surface area (Å²) in [6.45, 7) is 8.61. The maximum Gasteiger partial charge on any atom is 0.410 e. The first kappa shape index (κ1) is 93.0. The molecule has 40 heteroatoms. The van der Waals surface area contributed by atoms with Crippen molar-refractivity contribution in [3.63, 3.8) is 0 Å². The van der Waals surface area contributed by atoms with Gasteiger partial charge in [0.25, 0.3) is 0 Å². The van der Waals surface area contributed by atoms with Crippen LogP contribution in [0.1, 0.15) is 87.8 Å². The Hall–Kier alpha value is -9.74. The second-order valence-electron chi connectivity index (χ2n) is 30.5. The maximum absolute atomic E-state index is 15.7. The zero-order valence-corrected chi connectivity index (χ0v) is 76.5. The van der Waals surface area contributed by atoms with Gasteiger partial charge in [-0.25, -0.2) is 57.4 Å². The van der Waals surface area contributed by atoms with Gasteiger partial charge >= 0.3 is 12.2 Å². The zero-order valence-electron chi connectivity index (χ0n) is 69.0. The van der Waals surface area contributed by atoms with Gasteiger partial charge in [-0.05, 0) is 246 Å². The van der Waals surface area contributed by atoms with Gasteiger partial charge in [-0.15, -0.1) is 15.3 Å². The molecule has 34 nitrogen and oxygen atoms in total. The van der Waals surface area contributed by atoms with E-state index in [1.165, 1.54) is 80.6 Å². The fourth-order valence-corrected chi connectivity index (χ4v) is 22.6. The average molecular weight is 1980 g/mol. The number of nitrogens with one attached hydrogen (secondary N) is 2. The van der Waals surface area contributed by atoms with E-state index in [-0.39, 0.29) is 88.0 Å². The molecule has 0 radical (unpaired) electrons. The number of hydrogen-bond acceptors (Lipinski definition) is 26. The van der Waals surface area contributed by atoms with E-state index in [1.807, 2.05) is 69.4 Å². The molecular formula is C82H96I2N14O20S4. The van der Waals surface area contributed by atoms with Crippen LogP contribution in [-0.4, -0.2) is 219 Å². The molecular weight excluding hydrogens is 1880 g/mol. The molecule has 122 heavy (non-hydrogen) atoms. The molecule has 2 fully saturated rings. The van der Waals surface area contributed by atoms with Crippen LogP contribution in [0, 0.1) is 7.14 Å². The molecule has 0 saturated carbocycles. The topological polar surface area (TPSA) is 409 Å². The largest absolute Gasteiger partial charge is 0.497 e. The van der Waals surface area contributed by atoms with Crippen molar-refractivity contribution in [3.8, 4) is 57.3 Å². The number of sulfonamides is 4. The van der Waals surface area contributed by atoms with Crippen LogP contribution >= 0.6 is 45.2 Å². The quantitative estimate of drug-likeness (QED) is 0.0285. The molecule has 2 aliphatic rings. The van der Waals surface area contributed by atoms with Gasteiger partial charge in [0, 0.05) is 58.5 Å². The predicted molar refractivity (Wildman–Crippen MR) is 466 cm³/mol. The number of aliphatic hydroxyl groups is 2. The number of likely N-dealkylation sites (tertiary alicyclic amines) is 2. The van der Waals surface area contributed by atoms with Gasteiger partial charge in [0.05, 0.1) is 92.2 Å². The molecule has 2 aliphatic heterocycles. The van der Waals surface area contributed by atoms with Gasteiger partial charge < -0.3 is 57.9 Å². The van der Waals surface area contributed by atoms with Gasteiger partial charge in [-0.1, -0.05) is 72.8 Å². The number of aliphatic hydroxyl groups excluding tert-OH is 2. The van der Waals surface area contributed by atoms with Crippen LogP contribution in [0.25, 0.3) is 22.8 Å². The number of amides is 2. The highest BCUT2D eigenvalue weighted by Crippen LogP contribution is 2.42. The van der Waals surface area contributed by atoms with E-state index in [1.54, 1.807) is 177 Å². The number of tetrazole rings is 2. The highest BCUT2D eigenvalue weighted by Gasteiger charge is 2.45. The molecule has 2 aromatic heterocycles. The lowest BCUT2D eigenvalue weighted by Gasteiger charge is -2.27. The first-order chi connectivity index (χ1) is 57.9. The summed E-state index contributed by atoms with van der Waals surface area (Å²) in [5, 5.41) is 45.8. The number of benzene rings is 8. The van der Waals surface area contributed by atoms with Gasteiger partial charge in [-0.2, -0.15) is 13.4 Å². The molecule has 10 aromatic rings. The van der Waals surface area contributed by atoms with E-state index < -0.39 is 120 Å². The molecule has 2 amide bonds. The van der Waals surface area contributed by atoms with Crippen LogP contribution in [0.3, 0.4) is 0 Å². The van der Waals surface area contributed by atoms with E-state index in [0.29, 0.717) is 63.9 Å². The SMILES string of the molecule is COc1ccc(CN(Cc2ccc(OC)cc2)S(=O)(=O)c2c(S(=O)(=O)N[C@@H]3C[C@@H](CO)N(C(=O)OC(C)(C)C)C3)ccc(I)c2-c2nnn(Cc3ccc(OC)cc3)n2)cc1.COc1ccc(CN(Cc2ccc(OC)cc2)S(=O)(=O)c2c(S(=O)(=O)N[C@@H]3C[C@@H](CO)N(C(=O)OC(C)(C)C)C3)ccc(I)c2-c2nnnn2Cc2ccc(OC)cc2)cc1. The number of nitrogens with zero attached hydrogens (tertiary/aromatic N) is 12. The number of halogens is 2. The third kappa shape index (κ3) is 23.0. The van der Waals surface area contributed by atoms with Gasteiger partial charge in [0.2, 0.25) is 45.9 Å². The Morgan fingerprint density at radius 1 is 0.443 bits per heavy atom. The van der Waals surface area contributed by atoms with Crippen LogP contribution in [0.2, 0.25) is 0 Å². The smallest absolute Gasteiger partial charge is 0.410 e. The summed E-state index contributed by atoms with van der Waals surface area (Å²) in [5.74, 6) is 3.43. The minimum Gasteiger partial charge on any atom is -0.497 e. The molecule has 0 spiro atoms. The fourth-order valence-electron chi connectivity index (χ4n) is 13.6. The minimum absolute atomic E-state index is 0.00185. The molecule has 0 unspecified atom stereocenters. The molecule has 2 saturated heterocycles. The lowest BCUT2D eigenvalue weighted by molar-refractivity contribution is 0.0165. The van der Waals surface area contributed by atoms with Crippen LogP contribution in [0.15, 0.2) is 189 Å². The van der Waals surface area contributed by atoms with Gasteiger partial charge in [0.15, 0.2) is 5.82 Å². The van der Waals surface area contributed by atoms with Crippen molar-refractivity contribution >= 4 is 97.5 Å². The Labute approximate surface area is 736 Å². The Morgan fingerprint density at radius 2 is 0.762 bits per heavy atom. The Balaban J connectivity index is 0.000000238. The van der Waals surface area contributed by atoms with Gasteiger partial charge in [-0.3, -0.25) is 0 Å². The average Bonchev–Trinajstić information content (AvgIpc) is 1.12. The summed E-state index contributed by atoms with van der Waals surface area (Å²) in [4.78, 5) is 27.8. The second-order valence-corrected chi connectivity index (χ2v) is 39.9. The van der Waals surface area contributed by atoms with Crippen molar-refractivity contribution in [1.29, 1.82) is 0 Å². The summed E-state index contributed by atoms with van der Waals surface area (Å²) in [6, 6.07) is 43.9. The van der Waals surface area contributed by atoms with E-state index in [2.05, 4.69) is 40.4 Å². The lowest BCUT2D eigenvalue weighted by atomic mass is 10.2. The highest BCUT2D eigenvalue weighted by molar-refractivity contribution is 14.1. The summed E-state index contributed by atoms with van der Waals surface area (Å²) in [5.41, 5.74) is 2.15. The highest BCUT2D eigenvalue weighted by atomic mass is 127. The van der Waals surface area contributed by atoms with Crippen molar-refractivity contribution in [2.24, 2.45) is 0 Å². The normalized spacial score (nSPS) is 15.9. The summed E-state index contributed by atoms with van der Waals surface area (Å²) >= 11 is 3.89. The van der Waals surface area contributed by atoms with Crippen LogP contribution in [0.4, 0.5) is 9.59 Å². The molecule has 0 bridgehead atoms. The van der Waals surface area contributed by atoms with Gasteiger partial charge in [0.1, 0.15) is 65.3 Å². The Bertz CT molecular complexity index is 5680. The Morgan fingerprint density at radius 3 is 1.09 bits per heavy atom. The first-order valence-electron chi connectivity index (χ1n) is 38.1. The number of rotatable bonds is 32. The van der Waals surface area contributed by atoms with E-state index in [9.17, 15) is 36.6 Å². The van der Waals surface area contributed by atoms with Crippen molar-refractivity contribution in [2.75, 3.05) is 69.0 Å². The number of methoxy groups -OCH3 is 6. The van der Waals surface area contributed by atoms with Crippen LogP contribution in [-0.2, 0) is 88.8 Å². The predicted octanol–water partition coefficient (Wildman–Crippen LogP) is 10.1. The molecule has 0 aliphatic carbocycles. The second kappa shape index (κ2) is 39.8. The molecule has 8 aromatic carbocycles. The van der Waals surface area contributed by atoms with Crippen LogP contribution < -0.4 is 37.9 Å². The fraction of sp³-hybridized carbons (Fsp3) is 0.366. The molecule has 4 N–H and O–H groups in total. The summed E-state index contributed by atoms with van der Waals surface area (Å²) in [6.07, 6.45) is -1.36. The number of carbonyl (C=O) groups is 2. The number of ether oxygens (including phenoxy) is 8. The standard InChI is InChI=1S/2C41H48IN7O10S2/c1-41(2,3)59-40(51)48-25-30(21-31(48)26-50)45-60(52,53)36-20-19-35(42)37(39-43-46-49(44-39)24-29-11-17-34(58-6)18-12-29)38(36)61(54,55)47(22-27-7-13-32(56-4)14-8-27)23-28-9-15-33(57-5)16-10-28;1-41(2,3)59-40(51)48-25-30(21-31(48)26-50)44-60(52,53)36-20-19-35(42)37(39-43-45-46-49(39)24-29-11-17-34(58-6)18-12-29)38(36)61(54,55)47(22-27-7-13-32(56-4)14-8-27)23-28-9-15-33(57-5)16-10-28/h7-20,30-31,45,50H,21-26H2,1-6H3;7-20,30-31,44,50H,21-26H2,1-6H3/t2*30-,31+/m11/s1. The zero-order chi connectivity index (χ0) is 88.2. The third-order valence-corrected chi connectivity index (χ3v) is 28.5. The van der Waals surface area contributed by atoms with E-state index in [0.717, 1.165) is 11.1 Å². The molecule has 4 atom stereocenters. The monoisotopic (exact) mass is 1980 g/mol. The third-order valence-electron chi connectivity index (χ3n) is 19.5. The number of carbonyl (C=O) groups excluding carboxylic acids is 2. The summed E-state index contributed by atoms with van der Waals surface area (Å²) in [7, 11) is -9.85. The first-order valence-corrected chi connectivity index (χ1v) is 46.1. The Kier molecular flexibility index (Phi) is 30.4. The van der Waals surface area contributed by atoms with Crippen molar-refractivity contribution < 1.29 is 91.4 Å². The van der Waals surface area contributed by atoms with Crippen molar-refractivity contribution in [1.82, 2.24) is 68.3 Å². The van der Waals surface area contributed by atoms with E-state index in [4.69, 9.17) is 37.9 Å². The van der Waals surface area contributed by atoms with Crippen molar-refractivity contribution in [2.45, 2.75) is 149 Å². The van der Waals surface area contributed by atoms with Crippen molar-refractivity contribution in [3.05, 3.63) is 210 Å². The molecule has 4 heterocycles. The molecule has 652 valence electrons. The maximum atomic E-state index is 15.7.